The average molecular weight is 237 g/mol. The van der Waals surface area contributed by atoms with Crippen LogP contribution in [0.3, 0.4) is 0 Å². The van der Waals surface area contributed by atoms with Crippen molar-refractivity contribution < 1.29 is 0 Å². The van der Waals surface area contributed by atoms with E-state index in [1.165, 1.54) is 11.2 Å². The highest BCUT2D eigenvalue weighted by atomic mass is 28.4. The molecule has 0 amide bonds. The van der Waals surface area contributed by atoms with Gasteiger partial charge in [-0.25, -0.2) is 0 Å². The minimum atomic E-state index is -1.42. The standard InChI is InChI=1S/C12H23NSi2/c1-6-14(2,3)13-15(4,5)12-10-8-7-9-11-12/h7-11,13H,6H2,1-5H3. The van der Waals surface area contributed by atoms with Gasteiger partial charge in [-0.2, -0.15) is 0 Å². The molecule has 0 aliphatic heterocycles. The van der Waals surface area contributed by atoms with Crippen molar-refractivity contribution in [3.8, 4) is 0 Å². The lowest BCUT2D eigenvalue weighted by Gasteiger charge is -2.34. The molecule has 0 saturated carbocycles. The normalized spacial score (nSPS) is 12.9. The highest BCUT2D eigenvalue weighted by Gasteiger charge is 2.30. The first-order chi connectivity index (χ1) is 6.87. The molecule has 0 aliphatic carbocycles. The van der Waals surface area contributed by atoms with Crippen molar-refractivity contribution in [2.45, 2.75) is 39.2 Å². The van der Waals surface area contributed by atoms with Gasteiger partial charge >= 0.3 is 0 Å². The second kappa shape index (κ2) is 4.64. The smallest absolute Gasteiger partial charge is 0.145 e. The molecule has 1 nitrogen and oxygen atoms in total. The van der Waals surface area contributed by atoms with E-state index in [4.69, 9.17) is 0 Å². The second-order valence-electron chi connectivity index (χ2n) is 5.35. The average Bonchev–Trinajstić information content (AvgIpc) is 2.18. The maximum Gasteiger partial charge on any atom is 0.145 e. The van der Waals surface area contributed by atoms with E-state index >= 15 is 0 Å². The number of hydrogen-bond acceptors (Lipinski definition) is 1. The van der Waals surface area contributed by atoms with Crippen LogP contribution < -0.4 is 9.83 Å². The molecule has 3 heteroatoms. The van der Waals surface area contributed by atoms with Crippen LogP contribution >= 0.6 is 0 Å². The summed E-state index contributed by atoms with van der Waals surface area (Å²) in [6, 6.07) is 12.2. The molecule has 0 aromatic heterocycles. The lowest BCUT2D eigenvalue weighted by atomic mass is 10.4. The van der Waals surface area contributed by atoms with E-state index in [0.29, 0.717) is 0 Å². The first-order valence-electron chi connectivity index (χ1n) is 5.72. The molecule has 84 valence electrons. The summed E-state index contributed by atoms with van der Waals surface area (Å²) in [5.41, 5.74) is 0. The predicted octanol–water partition coefficient (Wildman–Crippen LogP) is 2.91. The van der Waals surface area contributed by atoms with Crippen LogP contribution in [-0.4, -0.2) is 16.5 Å². The minimum Gasteiger partial charge on any atom is -0.356 e. The van der Waals surface area contributed by atoms with Crippen molar-refractivity contribution in [2.24, 2.45) is 0 Å². The highest BCUT2D eigenvalue weighted by Crippen LogP contribution is 2.09. The summed E-state index contributed by atoms with van der Waals surface area (Å²) >= 11 is 0. The summed E-state index contributed by atoms with van der Waals surface area (Å²) in [5, 5.41) is 1.51. The van der Waals surface area contributed by atoms with Crippen molar-refractivity contribution in [3.05, 3.63) is 30.3 Å². The number of hydrogen-bond donors (Lipinski definition) is 1. The van der Waals surface area contributed by atoms with Crippen LogP contribution in [0, 0.1) is 0 Å². The van der Waals surface area contributed by atoms with E-state index < -0.39 is 16.5 Å². The molecule has 1 N–H and O–H groups in total. The van der Waals surface area contributed by atoms with Crippen molar-refractivity contribution in [2.75, 3.05) is 0 Å². The van der Waals surface area contributed by atoms with E-state index in [9.17, 15) is 0 Å². The van der Waals surface area contributed by atoms with Gasteiger partial charge in [-0.3, -0.25) is 0 Å². The van der Waals surface area contributed by atoms with Crippen molar-refractivity contribution in [1.82, 2.24) is 4.65 Å². The number of nitrogens with one attached hydrogen (secondary N) is 1. The highest BCUT2D eigenvalue weighted by molar-refractivity contribution is 6.98. The zero-order chi connectivity index (χ0) is 11.5. The first-order valence-corrected chi connectivity index (χ1v) is 11.9. The lowest BCUT2D eigenvalue weighted by Crippen LogP contribution is -2.64. The monoisotopic (exact) mass is 237 g/mol. The van der Waals surface area contributed by atoms with Gasteiger partial charge in [0.15, 0.2) is 0 Å². The van der Waals surface area contributed by atoms with Gasteiger partial charge in [-0.15, -0.1) is 0 Å². The number of benzene rings is 1. The van der Waals surface area contributed by atoms with Gasteiger partial charge in [-0.1, -0.05) is 63.4 Å². The Morgan fingerprint density at radius 3 is 2.00 bits per heavy atom. The van der Waals surface area contributed by atoms with E-state index in [2.05, 4.69) is 68.1 Å². The van der Waals surface area contributed by atoms with Crippen LogP contribution in [0.4, 0.5) is 0 Å². The van der Waals surface area contributed by atoms with Crippen molar-refractivity contribution in [1.29, 1.82) is 0 Å². The zero-order valence-corrected chi connectivity index (χ0v) is 12.6. The minimum absolute atomic E-state index is 1.18. The Bertz CT molecular complexity index is 307. The van der Waals surface area contributed by atoms with E-state index in [-0.39, 0.29) is 0 Å². The Balaban J connectivity index is 2.85. The Kier molecular flexibility index (Phi) is 3.92. The van der Waals surface area contributed by atoms with Crippen molar-refractivity contribution in [3.63, 3.8) is 0 Å². The van der Waals surface area contributed by atoms with Gasteiger partial charge in [-0.05, 0) is 11.2 Å². The SMILES string of the molecule is CC[Si](C)(C)N[Si](C)(C)c1ccccc1. The Labute approximate surface area is 96.1 Å². The van der Waals surface area contributed by atoms with E-state index in [1.54, 1.807) is 0 Å². The summed E-state index contributed by atoms with van der Waals surface area (Å²) in [6.07, 6.45) is 0. The van der Waals surface area contributed by atoms with Crippen LogP contribution in [0.1, 0.15) is 6.92 Å². The molecule has 1 aromatic rings. The fourth-order valence-electron chi connectivity index (χ4n) is 1.86. The van der Waals surface area contributed by atoms with Crippen LogP contribution in [-0.2, 0) is 0 Å². The molecule has 0 spiro atoms. The molecule has 0 heterocycles. The summed E-state index contributed by atoms with van der Waals surface area (Å²) < 4.78 is 3.98. The summed E-state index contributed by atoms with van der Waals surface area (Å²) in [5.74, 6) is 0. The molecule has 0 bridgehead atoms. The third-order valence-electron chi connectivity index (χ3n) is 3.03. The molecule has 1 rings (SSSR count). The van der Waals surface area contributed by atoms with Gasteiger partial charge in [0.1, 0.15) is 16.5 Å². The molecule has 1 aromatic carbocycles. The fraction of sp³-hybridized carbons (Fsp3) is 0.500. The van der Waals surface area contributed by atoms with Crippen LogP contribution in [0.2, 0.25) is 32.2 Å². The molecular formula is C12H23NSi2. The molecule has 0 atom stereocenters. The summed E-state index contributed by atoms with van der Waals surface area (Å²) in [7, 11) is -2.61. The third kappa shape index (κ3) is 3.59. The quantitative estimate of drug-likeness (QED) is 0.794. The van der Waals surface area contributed by atoms with Crippen LogP contribution in [0.25, 0.3) is 0 Å². The Hall–Kier alpha value is -0.386. The predicted molar refractivity (Wildman–Crippen MR) is 74.7 cm³/mol. The van der Waals surface area contributed by atoms with Crippen molar-refractivity contribution >= 4 is 21.7 Å². The summed E-state index contributed by atoms with van der Waals surface area (Å²) in [6.45, 7) is 12.0. The Morgan fingerprint density at radius 2 is 1.53 bits per heavy atom. The van der Waals surface area contributed by atoms with Gasteiger partial charge < -0.3 is 4.65 Å². The van der Waals surface area contributed by atoms with Gasteiger partial charge in [0, 0.05) is 0 Å². The first kappa shape index (κ1) is 12.7. The maximum absolute atomic E-state index is 3.98. The zero-order valence-electron chi connectivity index (χ0n) is 10.6. The number of rotatable bonds is 4. The Morgan fingerprint density at radius 1 is 1.00 bits per heavy atom. The van der Waals surface area contributed by atoms with Gasteiger partial charge in [0.05, 0.1) is 0 Å². The molecule has 0 saturated heterocycles. The molecule has 0 fully saturated rings. The molecule has 0 aliphatic rings. The van der Waals surface area contributed by atoms with Gasteiger partial charge in [0.25, 0.3) is 0 Å². The summed E-state index contributed by atoms with van der Waals surface area (Å²) in [4.78, 5) is 0. The molecular weight excluding hydrogens is 214 g/mol. The second-order valence-corrected chi connectivity index (χ2v) is 14.7. The molecule has 0 radical (unpaired) electrons. The fourth-order valence-corrected chi connectivity index (χ4v) is 10.9. The van der Waals surface area contributed by atoms with Gasteiger partial charge in [0.2, 0.25) is 0 Å². The lowest BCUT2D eigenvalue weighted by molar-refractivity contribution is 1.22. The third-order valence-corrected chi connectivity index (χ3v) is 11.8. The van der Waals surface area contributed by atoms with E-state index in [1.807, 2.05) is 0 Å². The largest absolute Gasteiger partial charge is 0.356 e. The molecule has 15 heavy (non-hydrogen) atoms. The van der Waals surface area contributed by atoms with Crippen LogP contribution in [0.15, 0.2) is 30.3 Å². The maximum atomic E-state index is 3.98. The topological polar surface area (TPSA) is 12.0 Å². The molecule has 0 unspecified atom stereocenters. The van der Waals surface area contributed by atoms with Crippen LogP contribution in [0.5, 0.6) is 0 Å². The van der Waals surface area contributed by atoms with E-state index in [0.717, 1.165) is 0 Å².